The molecule has 2 heterocycles. The van der Waals surface area contributed by atoms with Gasteiger partial charge in [0.2, 0.25) is 5.79 Å². The van der Waals surface area contributed by atoms with Crippen molar-refractivity contribution in [1.29, 1.82) is 0 Å². The van der Waals surface area contributed by atoms with Gasteiger partial charge in [-0.25, -0.2) is 4.79 Å². The van der Waals surface area contributed by atoms with Crippen LogP contribution in [-0.4, -0.2) is 76.5 Å². The van der Waals surface area contributed by atoms with Crippen LogP contribution in [0.5, 0.6) is 0 Å². The minimum absolute atomic E-state index is 0.0250. The number of hydrogen-bond donors (Lipinski definition) is 1. The number of amides is 1. The largest absolute Gasteiger partial charge is 0.444 e. The van der Waals surface area contributed by atoms with Crippen molar-refractivity contribution in [3.63, 3.8) is 0 Å². The maximum Gasteiger partial charge on any atom is 0.414 e. The molecule has 1 aromatic carbocycles. The third kappa shape index (κ3) is 4.51. The smallest absolute Gasteiger partial charge is 0.414 e. The fraction of sp³-hybridized carbons (Fsp3) is 0.611. The van der Waals surface area contributed by atoms with Gasteiger partial charge in [0.15, 0.2) is 0 Å². The molecule has 0 saturated carbocycles. The van der Waals surface area contributed by atoms with Gasteiger partial charge in [-0.1, -0.05) is 0 Å². The van der Waals surface area contributed by atoms with Crippen molar-refractivity contribution < 1.29 is 40.8 Å². The third-order valence-electron chi connectivity index (χ3n) is 5.42. The van der Waals surface area contributed by atoms with Crippen LogP contribution in [0.2, 0.25) is 0 Å². The Labute approximate surface area is 173 Å². The molecule has 0 aliphatic carbocycles. The zero-order valence-corrected chi connectivity index (χ0v) is 17.4. The number of halogens is 2. The number of methoxy groups -OCH3 is 2. The predicted molar refractivity (Wildman–Crippen MR) is 104 cm³/mol. The van der Waals surface area contributed by atoms with E-state index in [0.717, 1.165) is 0 Å². The van der Waals surface area contributed by atoms with Crippen molar-refractivity contribution in [3.05, 3.63) is 24.3 Å². The molecule has 0 spiro atoms. The Morgan fingerprint density at radius 1 is 1.20 bits per heavy atom. The molecule has 1 aromatic rings. The first kappa shape index (κ1) is 22.7. The van der Waals surface area contributed by atoms with E-state index in [2.05, 4.69) is 0 Å². The van der Waals surface area contributed by atoms with Gasteiger partial charge in [-0.3, -0.25) is 9.45 Å². The van der Waals surface area contributed by atoms with E-state index < -0.39 is 46.3 Å². The lowest BCUT2D eigenvalue weighted by atomic mass is 9.98. The van der Waals surface area contributed by atoms with Crippen LogP contribution in [0.25, 0.3) is 0 Å². The van der Waals surface area contributed by atoms with Crippen LogP contribution >= 0.6 is 0 Å². The highest BCUT2D eigenvalue weighted by Gasteiger charge is 2.58. The number of alkyl halides is 2. The quantitative estimate of drug-likeness (QED) is 0.498. The summed E-state index contributed by atoms with van der Waals surface area (Å²) in [7, 11) is -1.76. The van der Waals surface area contributed by atoms with Gasteiger partial charge in [0.1, 0.15) is 6.10 Å². The number of carbonyl (C=O) groups excluding carboxylic acids is 1. The van der Waals surface area contributed by atoms with E-state index in [1.165, 1.54) is 24.0 Å². The molecule has 3 rings (SSSR count). The first-order chi connectivity index (χ1) is 14.0. The SMILES string of the molecule is COC1(OC)CCN(c2ccc(N3C[C@@H](CCS(=O)(=O)O)OC3=O)cc2)CC1(F)F. The molecule has 2 saturated heterocycles. The van der Waals surface area contributed by atoms with Crippen LogP contribution in [0, 0.1) is 0 Å². The molecule has 0 unspecified atom stereocenters. The average Bonchev–Trinajstić information content (AvgIpc) is 3.06. The zero-order valence-electron chi connectivity index (χ0n) is 16.6. The fourth-order valence-corrected chi connectivity index (χ4v) is 4.28. The Kier molecular flexibility index (Phi) is 6.23. The molecule has 1 N–H and O–H groups in total. The molecule has 1 amide bonds. The van der Waals surface area contributed by atoms with Crippen molar-refractivity contribution in [2.24, 2.45) is 0 Å². The summed E-state index contributed by atoms with van der Waals surface area (Å²) in [5.74, 6) is -5.70. The highest BCUT2D eigenvalue weighted by Crippen LogP contribution is 2.41. The maximum atomic E-state index is 14.6. The summed E-state index contributed by atoms with van der Waals surface area (Å²) >= 11 is 0. The standard InChI is InChI=1S/C18H24F2N2O7S/c1-27-18(28-2)8-9-21(12-17(18,19)20)13-3-5-14(6-4-13)22-11-15(29-16(22)23)7-10-30(24,25)26/h3-6,15H,7-12H2,1-2H3,(H,24,25,26)/t15-/m1/s1. The molecular formula is C18H24F2N2O7S. The van der Waals surface area contributed by atoms with Gasteiger partial charge in [0.05, 0.1) is 18.8 Å². The number of carbonyl (C=O) groups is 1. The van der Waals surface area contributed by atoms with E-state index in [1.54, 1.807) is 24.3 Å². The second-order valence-electron chi connectivity index (χ2n) is 7.24. The lowest BCUT2D eigenvalue weighted by Gasteiger charge is -2.45. The summed E-state index contributed by atoms with van der Waals surface area (Å²) in [6.07, 6.45) is -1.36. The monoisotopic (exact) mass is 450 g/mol. The molecule has 168 valence electrons. The van der Waals surface area contributed by atoms with Crippen LogP contribution in [0.1, 0.15) is 12.8 Å². The van der Waals surface area contributed by atoms with E-state index in [1.807, 2.05) is 0 Å². The summed E-state index contributed by atoms with van der Waals surface area (Å²) in [5.41, 5.74) is 1.04. The van der Waals surface area contributed by atoms with E-state index in [9.17, 15) is 22.0 Å². The summed E-state index contributed by atoms with van der Waals surface area (Å²) in [5, 5.41) is 0. The first-order valence-electron chi connectivity index (χ1n) is 9.27. The molecule has 1 atom stereocenters. The van der Waals surface area contributed by atoms with Gasteiger partial charge >= 0.3 is 12.0 Å². The Hall–Kier alpha value is -2.02. The number of rotatable bonds is 7. The highest BCUT2D eigenvalue weighted by molar-refractivity contribution is 7.85. The Morgan fingerprint density at radius 3 is 2.33 bits per heavy atom. The van der Waals surface area contributed by atoms with Crippen LogP contribution in [0.3, 0.4) is 0 Å². The van der Waals surface area contributed by atoms with Gasteiger partial charge in [-0.15, -0.1) is 0 Å². The van der Waals surface area contributed by atoms with Gasteiger partial charge in [-0.05, 0) is 24.3 Å². The zero-order chi connectivity index (χ0) is 22.2. The topological polar surface area (TPSA) is 106 Å². The highest BCUT2D eigenvalue weighted by atomic mass is 32.2. The predicted octanol–water partition coefficient (Wildman–Crippen LogP) is 2.12. The third-order valence-corrected chi connectivity index (χ3v) is 6.17. The normalized spacial score (nSPS) is 23.5. The molecule has 0 bridgehead atoms. The number of benzene rings is 1. The van der Waals surface area contributed by atoms with Crippen molar-refractivity contribution in [2.45, 2.75) is 30.7 Å². The molecule has 12 heteroatoms. The summed E-state index contributed by atoms with van der Waals surface area (Å²) in [4.78, 5) is 14.9. The summed E-state index contributed by atoms with van der Waals surface area (Å²) < 4.78 is 74.8. The number of ether oxygens (including phenoxy) is 3. The number of cyclic esters (lactones) is 1. The summed E-state index contributed by atoms with van der Waals surface area (Å²) in [6.45, 7) is -0.169. The minimum Gasteiger partial charge on any atom is -0.444 e. The van der Waals surface area contributed by atoms with Gasteiger partial charge in [0, 0.05) is 45.0 Å². The lowest BCUT2D eigenvalue weighted by molar-refractivity contribution is -0.324. The molecule has 30 heavy (non-hydrogen) atoms. The minimum atomic E-state index is -4.15. The Bertz CT molecular complexity index is 875. The number of anilines is 2. The van der Waals surface area contributed by atoms with Crippen molar-refractivity contribution in [2.75, 3.05) is 49.4 Å². The van der Waals surface area contributed by atoms with Gasteiger partial charge < -0.3 is 19.1 Å². The van der Waals surface area contributed by atoms with Crippen LogP contribution in [0.4, 0.5) is 25.0 Å². The van der Waals surface area contributed by atoms with Gasteiger partial charge in [-0.2, -0.15) is 17.2 Å². The number of piperidine rings is 1. The second-order valence-corrected chi connectivity index (χ2v) is 8.82. The maximum absolute atomic E-state index is 14.6. The van der Waals surface area contributed by atoms with Crippen molar-refractivity contribution in [1.82, 2.24) is 0 Å². The van der Waals surface area contributed by atoms with Crippen LogP contribution in [0.15, 0.2) is 24.3 Å². The molecule has 0 aromatic heterocycles. The van der Waals surface area contributed by atoms with E-state index in [0.29, 0.717) is 17.9 Å². The molecular weight excluding hydrogens is 426 g/mol. The number of nitrogens with zero attached hydrogens (tertiary/aromatic N) is 2. The van der Waals surface area contributed by atoms with Crippen molar-refractivity contribution >= 4 is 27.6 Å². The van der Waals surface area contributed by atoms with Crippen LogP contribution in [-0.2, 0) is 24.3 Å². The van der Waals surface area contributed by atoms with E-state index in [-0.39, 0.29) is 19.4 Å². The average molecular weight is 450 g/mol. The second kappa shape index (κ2) is 8.25. The number of hydrogen-bond acceptors (Lipinski definition) is 7. The molecule has 2 aliphatic rings. The molecule has 0 radical (unpaired) electrons. The lowest BCUT2D eigenvalue weighted by Crippen LogP contribution is -2.62. The first-order valence-corrected chi connectivity index (χ1v) is 10.9. The van der Waals surface area contributed by atoms with Crippen molar-refractivity contribution in [3.8, 4) is 0 Å². The Balaban J connectivity index is 1.66. The van der Waals surface area contributed by atoms with Crippen LogP contribution < -0.4 is 9.80 Å². The fourth-order valence-electron chi connectivity index (χ4n) is 3.72. The van der Waals surface area contributed by atoms with E-state index >= 15 is 0 Å². The van der Waals surface area contributed by atoms with E-state index in [4.69, 9.17) is 18.8 Å². The molecule has 2 aliphatic heterocycles. The van der Waals surface area contributed by atoms with Gasteiger partial charge in [0.25, 0.3) is 10.1 Å². The Morgan fingerprint density at radius 2 is 1.80 bits per heavy atom. The molecule has 2 fully saturated rings. The summed E-state index contributed by atoms with van der Waals surface area (Å²) in [6, 6.07) is 6.45. The molecule has 9 nitrogen and oxygen atoms in total.